The van der Waals surface area contributed by atoms with E-state index in [0.717, 1.165) is 38.8 Å². The highest BCUT2D eigenvalue weighted by Gasteiger charge is 2.36. The van der Waals surface area contributed by atoms with E-state index in [1.54, 1.807) is 0 Å². The van der Waals surface area contributed by atoms with Gasteiger partial charge in [-0.1, -0.05) is 11.6 Å². The molecule has 0 spiro atoms. The number of piperidine rings is 1. The molecule has 8 heteroatoms. The Labute approximate surface area is 129 Å². The Morgan fingerprint density at radius 1 is 1.24 bits per heavy atom. The van der Waals surface area contributed by atoms with Gasteiger partial charge in [0.2, 0.25) is 10.0 Å². The second kappa shape index (κ2) is 5.72. The molecule has 116 valence electrons. The fourth-order valence-corrected chi connectivity index (χ4v) is 3.65. The first kappa shape index (κ1) is 15.0. The number of anilines is 1. The summed E-state index contributed by atoms with van der Waals surface area (Å²) in [5.41, 5.74) is 0. The van der Waals surface area contributed by atoms with E-state index in [0.29, 0.717) is 22.9 Å². The van der Waals surface area contributed by atoms with Crippen molar-refractivity contribution in [2.24, 2.45) is 5.14 Å². The van der Waals surface area contributed by atoms with Crippen LogP contribution < -0.4 is 15.4 Å². The maximum atomic E-state index is 11.4. The van der Waals surface area contributed by atoms with Crippen LogP contribution in [0, 0.1) is 0 Å². The lowest BCUT2D eigenvalue weighted by Gasteiger charge is -2.36. The molecule has 6 nitrogen and oxygen atoms in total. The molecular formula is C13H19ClN4O2S. The summed E-state index contributed by atoms with van der Waals surface area (Å²) in [6.07, 6.45) is 5.67. The van der Waals surface area contributed by atoms with E-state index in [1.807, 2.05) is 0 Å². The van der Waals surface area contributed by atoms with Crippen LogP contribution in [0.5, 0.6) is 0 Å². The van der Waals surface area contributed by atoms with E-state index in [-0.39, 0.29) is 4.90 Å². The summed E-state index contributed by atoms with van der Waals surface area (Å²) in [4.78, 5) is 6.53. The zero-order valence-electron chi connectivity index (χ0n) is 11.6. The third-order valence-electron chi connectivity index (χ3n) is 4.01. The Morgan fingerprint density at radius 3 is 2.38 bits per heavy atom. The van der Waals surface area contributed by atoms with Crippen molar-refractivity contribution in [2.75, 3.05) is 18.0 Å². The van der Waals surface area contributed by atoms with Crippen molar-refractivity contribution in [3.8, 4) is 0 Å². The fraction of sp³-hybridized carbons (Fsp3) is 0.615. The van der Waals surface area contributed by atoms with Gasteiger partial charge >= 0.3 is 0 Å². The number of nitrogens with two attached hydrogens (primary N) is 1. The summed E-state index contributed by atoms with van der Waals surface area (Å²) in [7, 11) is -3.77. The van der Waals surface area contributed by atoms with Crippen LogP contribution in [0.3, 0.4) is 0 Å². The Hall–Kier alpha value is -0.890. The number of primary sulfonamides is 1. The summed E-state index contributed by atoms with van der Waals surface area (Å²) in [6, 6.07) is 2.28. The molecule has 1 saturated heterocycles. The summed E-state index contributed by atoms with van der Waals surface area (Å²) in [5.74, 6) is 0.679. The van der Waals surface area contributed by atoms with Crippen molar-refractivity contribution in [3.63, 3.8) is 0 Å². The summed E-state index contributed by atoms with van der Waals surface area (Å²) in [6.45, 7) is 1.97. The molecule has 3 rings (SSSR count). The molecule has 1 saturated carbocycles. The topological polar surface area (TPSA) is 88.3 Å². The molecular weight excluding hydrogens is 312 g/mol. The molecule has 2 fully saturated rings. The van der Waals surface area contributed by atoms with Gasteiger partial charge in [-0.15, -0.1) is 0 Å². The molecule has 0 atom stereocenters. The number of rotatable bonds is 4. The van der Waals surface area contributed by atoms with Crippen LogP contribution in [0.25, 0.3) is 0 Å². The van der Waals surface area contributed by atoms with Crippen molar-refractivity contribution in [3.05, 3.63) is 17.3 Å². The predicted molar refractivity (Wildman–Crippen MR) is 82.0 cm³/mol. The van der Waals surface area contributed by atoms with Crippen LogP contribution in [-0.2, 0) is 10.0 Å². The van der Waals surface area contributed by atoms with E-state index in [9.17, 15) is 8.42 Å². The van der Waals surface area contributed by atoms with Crippen LogP contribution >= 0.6 is 11.6 Å². The Morgan fingerprint density at radius 2 is 1.86 bits per heavy atom. The molecule has 1 aliphatic heterocycles. The molecule has 21 heavy (non-hydrogen) atoms. The van der Waals surface area contributed by atoms with Gasteiger partial charge in [-0.3, -0.25) is 0 Å². The first-order chi connectivity index (χ1) is 9.97. The summed E-state index contributed by atoms with van der Waals surface area (Å²) >= 11 is 6.28. The molecule has 1 aromatic heterocycles. The van der Waals surface area contributed by atoms with Gasteiger partial charge in [-0.25, -0.2) is 18.5 Å². The van der Waals surface area contributed by atoms with Crippen molar-refractivity contribution in [1.82, 2.24) is 10.3 Å². The Bertz CT molecular complexity index is 627. The highest BCUT2D eigenvalue weighted by Crippen LogP contribution is 2.38. The zero-order chi connectivity index (χ0) is 15.0. The summed E-state index contributed by atoms with van der Waals surface area (Å²) in [5, 5.41) is 8.82. The summed E-state index contributed by atoms with van der Waals surface area (Å²) < 4.78 is 22.7. The number of nitrogens with zero attached hydrogens (tertiary/aromatic N) is 2. The van der Waals surface area contributed by atoms with E-state index < -0.39 is 10.0 Å². The Kier molecular flexibility index (Phi) is 4.09. The largest absolute Gasteiger partial charge is 0.349 e. The van der Waals surface area contributed by atoms with Crippen molar-refractivity contribution in [2.45, 2.75) is 42.7 Å². The number of sulfonamides is 1. The van der Waals surface area contributed by atoms with E-state index >= 15 is 0 Å². The number of hydrogen-bond donors (Lipinski definition) is 2. The molecule has 0 amide bonds. The van der Waals surface area contributed by atoms with Crippen molar-refractivity contribution >= 4 is 27.4 Å². The van der Waals surface area contributed by atoms with Gasteiger partial charge in [0, 0.05) is 18.3 Å². The minimum Gasteiger partial charge on any atom is -0.349 e. The lowest BCUT2D eigenvalue weighted by Crippen LogP contribution is -2.45. The van der Waals surface area contributed by atoms with Crippen molar-refractivity contribution < 1.29 is 8.42 Å². The minimum absolute atomic E-state index is 0.0442. The molecule has 1 aliphatic carbocycles. The van der Waals surface area contributed by atoms with Crippen LogP contribution in [-0.4, -0.2) is 38.6 Å². The van der Waals surface area contributed by atoms with Gasteiger partial charge in [-0.05, 0) is 44.8 Å². The number of hydrogen-bond acceptors (Lipinski definition) is 5. The maximum absolute atomic E-state index is 11.4. The normalized spacial score (nSPS) is 20.5. The smallest absolute Gasteiger partial charge is 0.239 e. The molecule has 1 aromatic rings. The number of nitrogens with one attached hydrogen (secondary N) is 1. The van der Waals surface area contributed by atoms with Crippen LogP contribution in [0.4, 0.5) is 5.82 Å². The molecule has 0 bridgehead atoms. The predicted octanol–water partition coefficient (Wildman–Crippen LogP) is 1.10. The first-order valence-corrected chi connectivity index (χ1v) is 9.06. The number of halogens is 1. The van der Waals surface area contributed by atoms with Gasteiger partial charge < -0.3 is 10.2 Å². The van der Waals surface area contributed by atoms with Crippen LogP contribution in [0.1, 0.15) is 25.7 Å². The fourth-order valence-electron chi connectivity index (χ4n) is 2.84. The lowest BCUT2D eigenvalue weighted by molar-refractivity contribution is 0.425. The number of pyridine rings is 1. The molecule has 0 aromatic carbocycles. The molecule has 0 unspecified atom stereocenters. The average molecular weight is 331 g/mol. The van der Waals surface area contributed by atoms with Gasteiger partial charge in [0.25, 0.3) is 0 Å². The van der Waals surface area contributed by atoms with Crippen molar-refractivity contribution in [1.29, 1.82) is 0 Å². The van der Waals surface area contributed by atoms with Crippen LogP contribution in [0.15, 0.2) is 17.2 Å². The molecule has 0 radical (unpaired) electrons. The first-order valence-electron chi connectivity index (χ1n) is 7.14. The minimum atomic E-state index is -3.77. The third-order valence-corrected chi connectivity index (χ3v) is 5.17. The highest BCUT2D eigenvalue weighted by atomic mass is 35.5. The lowest BCUT2D eigenvalue weighted by atomic mass is 10.0. The standard InChI is InChI=1S/C13H19ClN4O2S/c14-12-7-11(21(15,19)20)8-17-13(12)18(9-1-2-9)10-3-5-16-6-4-10/h7-10,16H,1-6H2,(H2,15,19,20). The third kappa shape index (κ3) is 3.31. The van der Waals surface area contributed by atoms with Gasteiger partial charge in [0.1, 0.15) is 10.7 Å². The van der Waals surface area contributed by atoms with E-state index in [1.165, 1.54) is 12.3 Å². The quantitative estimate of drug-likeness (QED) is 0.863. The maximum Gasteiger partial charge on any atom is 0.239 e. The Balaban J connectivity index is 1.92. The second-order valence-electron chi connectivity index (χ2n) is 5.64. The number of aromatic nitrogens is 1. The second-order valence-corrected chi connectivity index (χ2v) is 7.61. The van der Waals surface area contributed by atoms with Crippen LogP contribution in [0.2, 0.25) is 5.02 Å². The monoisotopic (exact) mass is 330 g/mol. The molecule has 2 heterocycles. The van der Waals surface area contributed by atoms with Gasteiger partial charge in [-0.2, -0.15) is 0 Å². The zero-order valence-corrected chi connectivity index (χ0v) is 13.2. The van der Waals surface area contributed by atoms with E-state index in [4.69, 9.17) is 16.7 Å². The van der Waals surface area contributed by atoms with E-state index in [2.05, 4.69) is 15.2 Å². The molecule has 2 aliphatic rings. The average Bonchev–Trinajstić information content (AvgIpc) is 3.26. The van der Waals surface area contributed by atoms with Gasteiger partial charge in [0.05, 0.1) is 5.02 Å². The SMILES string of the molecule is NS(=O)(=O)c1cnc(N(C2CCNCC2)C2CC2)c(Cl)c1. The van der Waals surface area contributed by atoms with Gasteiger partial charge in [0.15, 0.2) is 0 Å². The molecule has 3 N–H and O–H groups in total. The highest BCUT2D eigenvalue weighted by molar-refractivity contribution is 7.89.